The number of nitrogens with zero attached hydrogens (tertiary/aromatic N) is 3. The zero-order valence-corrected chi connectivity index (χ0v) is 10.8. The SMILES string of the molecule is CC(C)Cn1cc(Br)c2ccc(C#N)nc21. The minimum Gasteiger partial charge on any atom is -0.331 e. The van der Waals surface area contributed by atoms with Crippen molar-refractivity contribution >= 4 is 27.0 Å². The molecule has 4 heteroatoms. The number of nitriles is 1. The number of halogens is 1. The molecular weight excluding hydrogens is 266 g/mol. The van der Waals surface area contributed by atoms with Gasteiger partial charge in [0.25, 0.3) is 0 Å². The molecule has 0 unspecified atom stereocenters. The molecule has 0 N–H and O–H groups in total. The third-order valence-electron chi connectivity index (χ3n) is 2.35. The van der Waals surface area contributed by atoms with E-state index in [0.29, 0.717) is 11.6 Å². The normalized spacial score (nSPS) is 10.9. The molecule has 0 atom stereocenters. The lowest BCUT2D eigenvalue weighted by molar-refractivity contribution is 0.532. The lowest BCUT2D eigenvalue weighted by Crippen LogP contribution is -2.03. The quantitative estimate of drug-likeness (QED) is 0.845. The molecule has 0 aliphatic heterocycles. The summed E-state index contributed by atoms with van der Waals surface area (Å²) in [5, 5.41) is 9.90. The molecule has 2 heterocycles. The van der Waals surface area contributed by atoms with E-state index in [1.165, 1.54) is 0 Å². The lowest BCUT2D eigenvalue weighted by Gasteiger charge is -2.07. The molecule has 0 bridgehead atoms. The van der Waals surface area contributed by atoms with Gasteiger partial charge in [-0.05, 0) is 34.0 Å². The van der Waals surface area contributed by atoms with Crippen molar-refractivity contribution in [1.29, 1.82) is 5.26 Å². The zero-order chi connectivity index (χ0) is 11.7. The third kappa shape index (κ3) is 1.96. The van der Waals surface area contributed by atoms with Gasteiger partial charge in [-0.2, -0.15) is 5.26 Å². The Labute approximate surface area is 103 Å². The minimum absolute atomic E-state index is 0.461. The van der Waals surface area contributed by atoms with E-state index in [4.69, 9.17) is 5.26 Å². The van der Waals surface area contributed by atoms with Crippen molar-refractivity contribution in [3.05, 3.63) is 28.5 Å². The molecule has 0 spiro atoms. The highest BCUT2D eigenvalue weighted by Gasteiger charge is 2.09. The van der Waals surface area contributed by atoms with Gasteiger partial charge in [-0.15, -0.1) is 0 Å². The maximum atomic E-state index is 8.84. The summed E-state index contributed by atoms with van der Waals surface area (Å²) in [4.78, 5) is 4.34. The van der Waals surface area contributed by atoms with Gasteiger partial charge in [0.1, 0.15) is 17.4 Å². The molecule has 0 aliphatic carbocycles. The van der Waals surface area contributed by atoms with E-state index in [2.05, 4.69) is 45.4 Å². The van der Waals surface area contributed by atoms with Crippen LogP contribution in [0.1, 0.15) is 19.5 Å². The second-order valence-corrected chi connectivity index (χ2v) is 5.06. The van der Waals surface area contributed by atoms with E-state index in [0.717, 1.165) is 22.1 Å². The van der Waals surface area contributed by atoms with Crippen LogP contribution in [-0.2, 0) is 6.54 Å². The van der Waals surface area contributed by atoms with Gasteiger partial charge in [0.15, 0.2) is 0 Å². The summed E-state index contributed by atoms with van der Waals surface area (Å²) in [5.74, 6) is 0.551. The third-order valence-corrected chi connectivity index (χ3v) is 2.98. The fourth-order valence-corrected chi connectivity index (χ4v) is 2.27. The van der Waals surface area contributed by atoms with Crippen molar-refractivity contribution in [1.82, 2.24) is 9.55 Å². The monoisotopic (exact) mass is 277 g/mol. The first-order chi connectivity index (χ1) is 7.61. The molecule has 3 nitrogen and oxygen atoms in total. The zero-order valence-electron chi connectivity index (χ0n) is 9.24. The van der Waals surface area contributed by atoms with Gasteiger partial charge in [0.05, 0.1) is 0 Å². The standard InChI is InChI=1S/C12H12BrN3/c1-8(2)6-16-7-11(13)10-4-3-9(5-14)15-12(10)16/h3-4,7-8H,6H2,1-2H3. The maximum absolute atomic E-state index is 8.84. The summed E-state index contributed by atoms with van der Waals surface area (Å²) in [7, 11) is 0. The van der Waals surface area contributed by atoms with Crippen molar-refractivity contribution in [2.45, 2.75) is 20.4 Å². The summed E-state index contributed by atoms with van der Waals surface area (Å²) in [6.07, 6.45) is 2.03. The van der Waals surface area contributed by atoms with Crippen LogP contribution in [0.4, 0.5) is 0 Å². The molecule has 82 valence electrons. The first kappa shape index (κ1) is 11.2. The molecule has 0 aliphatic rings. The number of rotatable bonds is 2. The second-order valence-electron chi connectivity index (χ2n) is 4.20. The Bertz CT molecular complexity index is 563. The predicted octanol–water partition coefficient (Wildman–Crippen LogP) is 3.33. The van der Waals surface area contributed by atoms with Crippen molar-refractivity contribution in [2.24, 2.45) is 5.92 Å². The van der Waals surface area contributed by atoms with E-state index >= 15 is 0 Å². The van der Waals surface area contributed by atoms with Gasteiger partial charge < -0.3 is 4.57 Å². The highest BCUT2D eigenvalue weighted by molar-refractivity contribution is 9.10. The molecule has 0 radical (unpaired) electrons. The fourth-order valence-electron chi connectivity index (χ4n) is 1.72. The lowest BCUT2D eigenvalue weighted by atomic mass is 10.2. The van der Waals surface area contributed by atoms with E-state index < -0.39 is 0 Å². The van der Waals surface area contributed by atoms with Crippen LogP contribution in [0.3, 0.4) is 0 Å². The Balaban J connectivity index is 2.61. The van der Waals surface area contributed by atoms with Gasteiger partial charge in [-0.3, -0.25) is 0 Å². The number of fused-ring (bicyclic) bond motifs is 1. The van der Waals surface area contributed by atoms with Gasteiger partial charge in [-0.25, -0.2) is 4.98 Å². The molecule has 2 rings (SSSR count). The molecule has 0 fully saturated rings. The van der Waals surface area contributed by atoms with Crippen LogP contribution in [0.5, 0.6) is 0 Å². The van der Waals surface area contributed by atoms with E-state index in [-0.39, 0.29) is 0 Å². The number of pyridine rings is 1. The second kappa shape index (κ2) is 4.26. The molecule has 2 aromatic heterocycles. The fraction of sp³-hybridized carbons (Fsp3) is 0.333. The number of hydrogen-bond donors (Lipinski definition) is 0. The molecule has 0 saturated heterocycles. The Hall–Kier alpha value is -1.34. The first-order valence-corrected chi connectivity index (χ1v) is 5.96. The highest BCUT2D eigenvalue weighted by Crippen LogP contribution is 2.25. The summed E-state index contributed by atoms with van der Waals surface area (Å²) in [6, 6.07) is 5.74. The molecule has 2 aromatic rings. The van der Waals surface area contributed by atoms with Crippen molar-refractivity contribution in [3.8, 4) is 6.07 Å². The molecule has 0 saturated carbocycles. The Morgan fingerprint density at radius 1 is 1.50 bits per heavy atom. The minimum atomic E-state index is 0.461. The Morgan fingerprint density at radius 3 is 2.88 bits per heavy atom. The summed E-state index contributed by atoms with van der Waals surface area (Å²) in [6.45, 7) is 5.23. The van der Waals surface area contributed by atoms with Crippen LogP contribution in [0.2, 0.25) is 0 Å². The predicted molar refractivity (Wildman–Crippen MR) is 67.0 cm³/mol. The Morgan fingerprint density at radius 2 is 2.25 bits per heavy atom. The van der Waals surface area contributed by atoms with Crippen molar-refractivity contribution in [3.63, 3.8) is 0 Å². The van der Waals surface area contributed by atoms with Gasteiger partial charge in [0, 0.05) is 22.6 Å². The van der Waals surface area contributed by atoms with Gasteiger partial charge in [0.2, 0.25) is 0 Å². The number of hydrogen-bond acceptors (Lipinski definition) is 2. The average Bonchev–Trinajstić information content (AvgIpc) is 2.54. The first-order valence-electron chi connectivity index (χ1n) is 5.17. The van der Waals surface area contributed by atoms with Crippen molar-refractivity contribution in [2.75, 3.05) is 0 Å². The van der Waals surface area contributed by atoms with E-state index in [1.54, 1.807) is 6.07 Å². The maximum Gasteiger partial charge on any atom is 0.142 e. The molecular formula is C12H12BrN3. The molecule has 0 amide bonds. The van der Waals surface area contributed by atoms with E-state index in [9.17, 15) is 0 Å². The van der Waals surface area contributed by atoms with Crippen LogP contribution >= 0.6 is 15.9 Å². The highest BCUT2D eigenvalue weighted by atomic mass is 79.9. The largest absolute Gasteiger partial charge is 0.331 e. The molecule has 16 heavy (non-hydrogen) atoms. The van der Waals surface area contributed by atoms with Crippen LogP contribution in [0.15, 0.2) is 22.8 Å². The summed E-state index contributed by atoms with van der Waals surface area (Å²) < 4.78 is 3.12. The summed E-state index contributed by atoms with van der Waals surface area (Å²) in [5.41, 5.74) is 1.34. The van der Waals surface area contributed by atoms with Crippen LogP contribution < -0.4 is 0 Å². The average molecular weight is 278 g/mol. The molecule has 0 aromatic carbocycles. The van der Waals surface area contributed by atoms with Crippen LogP contribution in [-0.4, -0.2) is 9.55 Å². The van der Waals surface area contributed by atoms with E-state index in [1.807, 2.05) is 12.3 Å². The van der Waals surface area contributed by atoms with Gasteiger partial charge in [-0.1, -0.05) is 13.8 Å². The van der Waals surface area contributed by atoms with Crippen LogP contribution in [0, 0.1) is 17.2 Å². The number of aromatic nitrogens is 2. The van der Waals surface area contributed by atoms with Crippen LogP contribution in [0.25, 0.3) is 11.0 Å². The summed E-state index contributed by atoms with van der Waals surface area (Å²) >= 11 is 3.51. The topological polar surface area (TPSA) is 41.6 Å². The smallest absolute Gasteiger partial charge is 0.142 e. The Kier molecular flexibility index (Phi) is 2.97. The van der Waals surface area contributed by atoms with Crippen molar-refractivity contribution < 1.29 is 0 Å². The van der Waals surface area contributed by atoms with Gasteiger partial charge >= 0.3 is 0 Å².